The lowest BCUT2D eigenvalue weighted by Gasteiger charge is -2.10. The van der Waals surface area contributed by atoms with Gasteiger partial charge in [0.15, 0.2) is 0 Å². The van der Waals surface area contributed by atoms with E-state index in [0.717, 1.165) is 12.8 Å². The summed E-state index contributed by atoms with van der Waals surface area (Å²) in [5.41, 5.74) is 0.387. The number of amides is 1. The van der Waals surface area contributed by atoms with Gasteiger partial charge in [-0.05, 0) is 43.4 Å². The molecule has 1 aliphatic rings. The Balaban J connectivity index is 1.85. The van der Waals surface area contributed by atoms with Crippen LogP contribution in [0.25, 0.3) is 0 Å². The molecule has 0 bridgehead atoms. The number of hydrogen-bond acceptors (Lipinski definition) is 1. The molecule has 1 aromatic rings. The van der Waals surface area contributed by atoms with Crippen molar-refractivity contribution in [1.82, 2.24) is 5.32 Å². The molecule has 1 fully saturated rings. The summed E-state index contributed by atoms with van der Waals surface area (Å²) in [5.74, 6) is -0.0292. The van der Waals surface area contributed by atoms with Gasteiger partial charge >= 0.3 is 0 Å². The lowest BCUT2D eigenvalue weighted by atomic mass is 10.1. The standard InChI is InChI=1S/C13H15BrFNO/c14-11-5-4-9(6-11)8-16-13(17)10-2-1-3-12(15)7-10/h1-3,7,9,11H,4-6,8H2,(H,16,17). The molecule has 92 valence electrons. The predicted octanol–water partition coefficient (Wildman–Crippen LogP) is 3.12. The fourth-order valence-corrected chi connectivity index (χ4v) is 2.96. The molecule has 1 N–H and O–H groups in total. The summed E-state index contributed by atoms with van der Waals surface area (Å²) in [6.07, 6.45) is 3.41. The Bertz CT molecular complexity index is 410. The van der Waals surface area contributed by atoms with Crippen molar-refractivity contribution in [3.05, 3.63) is 35.6 Å². The van der Waals surface area contributed by atoms with Crippen molar-refractivity contribution in [2.24, 2.45) is 5.92 Å². The number of alkyl halides is 1. The summed E-state index contributed by atoms with van der Waals surface area (Å²) >= 11 is 3.58. The zero-order valence-electron chi connectivity index (χ0n) is 9.46. The normalized spacial score (nSPS) is 23.6. The third-order valence-corrected chi connectivity index (χ3v) is 3.95. The summed E-state index contributed by atoms with van der Waals surface area (Å²) in [4.78, 5) is 12.3. The van der Waals surface area contributed by atoms with E-state index in [9.17, 15) is 9.18 Å². The van der Waals surface area contributed by atoms with Crippen LogP contribution < -0.4 is 5.32 Å². The average Bonchev–Trinajstić information content (AvgIpc) is 2.72. The Morgan fingerprint density at radius 2 is 2.29 bits per heavy atom. The third kappa shape index (κ3) is 3.53. The van der Waals surface area contributed by atoms with E-state index in [1.807, 2.05) is 0 Å². The number of benzene rings is 1. The molecule has 0 spiro atoms. The highest BCUT2D eigenvalue weighted by atomic mass is 79.9. The lowest BCUT2D eigenvalue weighted by molar-refractivity contribution is 0.0947. The minimum absolute atomic E-state index is 0.192. The molecule has 2 rings (SSSR count). The molecule has 17 heavy (non-hydrogen) atoms. The SMILES string of the molecule is O=C(NCC1CCC(Br)C1)c1cccc(F)c1. The van der Waals surface area contributed by atoms with Crippen molar-refractivity contribution in [2.75, 3.05) is 6.54 Å². The van der Waals surface area contributed by atoms with Crippen molar-refractivity contribution >= 4 is 21.8 Å². The molecule has 1 saturated carbocycles. The van der Waals surface area contributed by atoms with Crippen LogP contribution in [0.3, 0.4) is 0 Å². The maximum atomic E-state index is 12.9. The number of carbonyl (C=O) groups is 1. The highest BCUT2D eigenvalue weighted by molar-refractivity contribution is 9.09. The fourth-order valence-electron chi connectivity index (χ4n) is 2.17. The van der Waals surface area contributed by atoms with E-state index < -0.39 is 0 Å². The Morgan fingerprint density at radius 1 is 1.47 bits per heavy atom. The molecule has 4 heteroatoms. The van der Waals surface area contributed by atoms with Gasteiger partial charge in [-0.1, -0.05) is 22.0 Å². The minimum Gasteiger partial charge on any atom is -0.352 e. The molecule has 0 heterocycles. The second-order valence-electron chi connectivity index (χ2n) is 4.50. The van der Waals surface area contributed by atoms with E-state index in [0.29, 0.717) is 22.9 Å². The Hall–Kier alpha value is -0.900. The van der Waals surface area contributed by atoms with Gasteiger partial charge in [0.05, 0.1) is 0 Å². The second kappa shape index (κ2) is 5.63. The van der Waals surface area contributed by atoms with Crippen LogP contribution in [0.1, 0.15) is 29.6 Å². The molecule has 2 nitrogen and oxygen atoms in total. The molecule has 0 saturated heterocycles. The van der Waals surface area contributed by atoms with Crippen molar-refractivity contribution < 1.29 is 9.18 Å². The quantitative estimate of drug-likeness (QED) is 0.854. The smallest absolute Gasteiger partial charge is 0.251 e. The van der Waals surface area contributed by atoms with Gasteiger partial charge in [-0.25, -0.2) is 4.39 Å². The van der Waals surface area contributed by atoms with Crippen LogP contribution in [0.2, 0.25) is 0 Å². The first-order valence-corrected chi connectivity index (χ1v) is 6.74. The van der Waals surface area contributed by atoms with Crippen LogP contribution in [0, 0.1) is 11.7 Å². The Labute approximate surface area is 109 Å². The van der Waals surface area contributed by atoms with E-state index in [1.165, 1.54) is 18.6 Å². The van der Waals surface area contributed by atoms with Gasteiger partial charge < -0.3 is 5.32 Å². The summed E-state index contributed by atoms with van der Waals surface area (Å²) in [6, 6.07) is 5.77. The highest BCUT2D eigenvalue weighted by Crippen LogP contribution is 2.30. The number of halogens is 2. The van der Waals surface area contributed by atoms with Crippen molar-refractivity contribution in [1.29, 1.82) is 0 Å². The maximum absolute atomic E-state index is 12.9. The van der Waals surface area contributed by atoms with Crippen molar-refractivity contribution in [3.63, 3.8) is 0 Å². The predicted molar refractivity (Wildman–Crippen MR) is 68.8 cm³/mol. The zero-order valence-corrected chi connectivity index (χ0v) is 11.0. The Kier molecular flexibility index (Phi) is 4.15. The summed E-state index contributed by atoms with van der Waals surface area (Å²) in [6.45, 7) is 0.678. The third-order valence-electron chi connectivity index (χ3n) is 3.12. The van der Waals surface area contributed by atoms with Crippen molar-refractivity contribution in [2.45, 2.75) is 24.1 Å². The largest absolute Gasteiger partial charge is 0.352 e. The van der Waals surface area contributed by atoms with Crippen LogP contribution in [0.4, 0.5) is 4.39 Å². The minimum atomic E-state index is -0.376. The van der Waals surface area contributed by atoms with Crippen LogP contribution >= 0.6 is 15.9 Å². The van der Waals surface area contributed by atoms with E-state index in [4.69, 9.17) is 0 Å². The van der Waals surface area contributed by atoms with E-state index in [-0.39, 0.29) is 11.7 Å². The summed E-state index contributed by atoms with van der Waals surface area (Å²) in [7, 11) is 0. The van der Waals surface area contributed by atoms with Gasteiger partial charge in [-0.3, -0.25) is 4.79 Å². The van der Waals surface area contributed by atoms with Crippen LogP contribution in [-0.4, -0.2) is 17.3 Å². The molecular weight excluding hydrogens is 285 g/mol. The fraction of sp³-hybridized carbons (Fsp3) is 0.462. The van der Waals surface area contributed by atoms with Gasteiger partial charge in [0.25, 0.3) is 5.91 Å². The number of rotatable bonds is 3. The van der Waals surface area contributed by atoms with Crippen LogP contribution in [0.15, 0.2) is 24.3 Å². The maximum Gasteiger partial charge on any atom is 0.251 e. The first-order chi connectivity index (χ1) is 8.15. The lowest BCUT2D eigenvalue weighted by Crippen LogP contribution is -2.28. The van der Waals surface area contributed by atoms with Crippen molar-refractivity contribution in [3.8, 4) is 0 Å². The second-order valence-corrected chi connectivity index (χ2v) is 5.79. The molecular formula is C13H15BrFNO. The number of nitrogens with one attached hydrogen (secondary N) is 1. The van der Waals surface area contributed by atoms with Gasteiger partial charge in [0.2, 0.25) is 0 Å². The van der Waals surface area contributed by atoms with E-state index >= 15 is 0 Å². The van der Waals surface area contributed by atoms with E-state index in [1.54, 1.807) is 12.1 Å². The van der Waals surface area contributed by atoms with Gasteiger partial charge in [-0.15, -0.1) is 0 Å². The summed E-state index contributed by atoms with van der Waals surface area (Å²) in [5, 5.41) is 2.86. The van der Waals surface area contributed by atoms with Gasteiger partial charge in [-0.2, -0.15) is 0 Å². The van der Waals surface area contributed by atoms with Crippen LogP contribution in [0.5, 0.6) is 0 Å². The first kappa shape index (κ1) is 12.6. The molecule has 2 atom stereocenters. The molecule has 0 aromatic heterocycles. The molecule has 2 unspecified atom stereocenters. The number of hydrogen-bond donors (Lipinski definition) is 1. The molecule has 1 aliphatic carbocycles. The molecule has 0 aliphatic heterocycles. The van der Waals surface area contributed by atoms with Crippen LogP contribution in [-0.2, 0) is 0 Å². The van der Waals surface area contributed by atoms with E-state index in [2.05, 4.69) is 21.2 Å². The topological polar surface area (TPSA) is 29.1 Å². The molecule has 1 amide bonds. The molecule has 1 aromatic carbocycles. The first-order valence-electron chi connectivity index (χ1n) is 5.83. The molecule has 0 radical (unpaired) electrons. The van der Waals surface area contributed by atoms with Gasteiger partial charge in [0, 0.05) is 16.9 Å². The van der Waals surface area contributed by atoms with Gasteiger partial charge in [0.1, 0.15) is 5.82 Å². The highest BCUT2D eigenvalue weighted by Gasteiger charge is 2.22. The zero-order chi connectivity index (χ0) is 12.3. The average molecular weight is 300 g/mol. The monoisotopic (exact) mass is 299 g/mol. The summed E-state index contributed by atoms with van der Waals surface area (Å²) < 4.78 is 12.9. The number of carbonyl (C=O) groups excluding carboxylic acids is 1. The Morgan fingerprint density at radius 3 is 2.94 bits per heavy atom.